The lowest BCUT2D eigenvalue weighted by Crippen LogP contribution is -2.53. The lowest BCUT2D eigenvalue weighted by Gasteiger charge is -2.41. The Morgan fingerprint density at radius 1 is 1.05 bits per heavy atom. The summed E-state index contributed by atoms with van der Waals surface area (Å²) >= 11 is 10.0. The number of halogens is 2. The zero-order chi connectivity index (χ0) is 60.6. The van der Waals surface area contributed by atoms with Gasteiger partial charge >= 0.3 is 24.1 Å². The fourth-order valence-electron chi connectivity index (χ4n) is 10.5. The van der Waals surface area contributed by atoms with Crippen molar-refractivity contribution in [2.75, 3.05) is 50.0 Å². The molecule has 2 fully saturated rings. The van der Waals surface area contributed by atoms with E-state index in [9.17, 15) is 43.5 Å². The van der Waals surface area contributed by atoms with Gasteiger partial charge in [0.15, 0.2) is 5.78 Å². The highest BCUT2D eigenvalue weighted by Crippen LogP contribution is 2.50. The number of primary amides is 1. The van der Waals surface area contributed by atoms with Crippen LogP contribution in [0.15, 0.2) is 66.3 Å². The Bertz CT molecular complexity index is 2750. The predicted octanol–water partition coefficient (Wildman–Crippen LogP) is 8.26. The van der Waals surface area contributed by atoms with Crippen LogP contribution in [0.5, 0.6) is 5.75 Å². The average Bonchev–Trinajstić information content (AvgIpc) is 3.76. The molecule has 3 aliphatic heterocycles. The maximum absolute atomic E-state index is 14.4. The standard InChI is InChI=1S/C60H81BrClN5O15/c1-34(2)43(29-42(68)17-12-11-13-23-79-56(73)37(5)33-61)55(72)66-44(18-15-22-64-57(63)74)46(69)27-40-20-21-41(28-47(40)77-9)65-58(75)81-50-30-51(70)67(8)45-26-39(25-36(4)53(45)62)24-35(3)16-14-19-49(78-10)60(76)31-48(80-52(71)32-60)38(6)54-59(50,7)82-54/h14,16,19-21,25-26,28,34,38,43-44,48-50,54,76H,5,11-13,15,17-18,22-24,27,29-33H2,1-4,6-10H3,(H,65,75)(H,66,72)(H3,63,64,74)/b19-14+,35-16+/t38-,43+,44+,48+,49-,50+,54+,59+,60-/m1/s1. The van der Waals surface area contributed by atoms with E-state index in [1.807, 2.05) is 45.9 Å². The Kier molecular flexibility index (Phi) is 24.7. The van der Waals surface area contributed by atoms with Gasteiger partial charge in [-0.05, 0) is 88.5 Å². The van der Waals surface area contributed by atoms with E-state index in [0.29, 0.717) is 52.9 Å². The Labute approximate surface area is 494 Å². The van der Waals surface area contributed by atoms with Crippen LogP contribution in [0.1, 0.15) is 116 Å². The van der Waals surface area contributed by atoms with E-state index < -0.39 is 95.2 Å². The molecule has 0 aliphatic carbocycles. The van der Waals surface area contributed by atoms with Crippen molar-refractivity contribution in [1.82, 2.24) is 10.6 Å². The van der Waals surface area contributed by atoms with E-state index >= 15 is 0 Å². The number of Topliss-reactive ketones (excluding diaryl/α,β-unsaturated/α-hetero) is 2. The Morgan fingerprint density at radius 3 is 2.45 bits per heavy atom. The number of epoxide rings is 1. The van der Waals surface area contributed by atoms with Gasteiger partial charge < -0.3 is 54.8 Å². The number of urea groups is 1. The summed E-state index contributed by atoms with van der Waals surface area (Å²) in [6.45, 7) is 14.9. The number of allylic oxidation sites excluding steroid dienone is 3. The number of amides is 5. The number of aliphatic hydroxyl groups is 1. The number of aryl methyl sites for hydroxylation is 1. The van der Waals surface area contributed by atoms with Gasteiger partial charge in [-0.15, -0.1) is 0 Å². The number of rotatable bonds is 24. The number of benzene rings is 2. The SMILES string of the molecule is C=C(CBr)C(=O)OCCCCCC(=O)C[C@H](C(=O)N[C@@H](CCCNC(N)=O)C(=O)Cc1ccc(NC(=O)O[C@H]2CC(=O)N(C)c3cc(cc(C)c3Cl)C/C(C)=C/C=C/[C@@H](OC)[C@]3(O)CC(=O)O[C@@H](C3)[C@@H](C)[C@@H]3O[C@@]23C)cc1OC)C(C)C. The highest BCUT2D eigenvalue weighted by Gasteiger charge is 2.64. The molecule has 450 valence electrons. The van der Waals surface area contributed by atoms with Gasteiger partial charge in [-0.2, -0.15) is 0 Å². The molecule has 0 unspecified atom stereocenters. The van der Waals surface area contributed by atoms with Crippen molar-refractivity contribution in [3.63, 3.8) is 0 Å². The molecule has 6 N–H and O–H groups in total. The minimum absolute atomic E-state index is 0.00777. The maximum atomic E-state index is 14.4. The molecule has 22 heteroatoms. The third-order valence-corrected chi connectivity index (χ3v) is 16.6. The molecule has 0 spiro atoms. The van der Waals surface area contributed by atoms with Gasteiger partial charge in [0.2, 0.25) is 11.8 Å². The first-order valence-corrected chi connectivity index (χ1v) is 29.2. The van der Waals surface area contributed by atoms with Gasteiger partial charge in [0, 0.05) is 86.4 Å². The van der Waals surface area contributed by atoms with E-state index in [2.05, 4.69) is 38.5 Å². The minimum Gasteiger partial charge on any atom is -0.496 e. The molecule has 0 saturated carbocycles. The number of nitrogens with one attached hydrogen (secondary N) is 3. The summed E-state index contributed by atoms with van der Waals surface area (Å²) in [4.78, 5) is 108. The predicted molar refractivity (Wildman–Crippen MR) is 313 cm³/mol. The molecule has 5 amide bonds. The topological polar surface area (TPSA) is 281 Å². The molecular weight excluding hydrogens is 1150 g/mol. The highest BCUT2D eigenvalue weighted by molar-refractivity contribution is 9.09. The van der Waals surface area contributed by atoms with Crippen molar-refractivity contribution in [1.29, 1.82) is 0 Å². The quantitative estimate of drug-likeness (QED) is 0.0165. The molecule has 82 heavy (non-hydrogen) atoms. The zero-order valence-electron chi connectivity index (χ0n) is 48.5. The molecule has 3 heterocycles. The molecule has 5 rings (SSSR count). The molecule has 2 aromatic carbocycles. The van der Waals surface area contributed by atoms with Crippen molar-refractivity contribution in [2.45, 2.75) is 160 Å². The van der Waals surface area contributed by atoms with Gasteiger partial charge in [-0.25, -0.2) is 14.4 Å². The fraction of sp³-hybridized carbons (Fsp3) is 0.567. The normalized spacial score (nSPS) is 24.5. The van der Waals surface area contributed by atoms with Crippen molar-refractivity contribution in [3.8, 4) is 5.75 Å². The second-order valence-corrected chi connectivity index (χ2v) is 23.1. The number of nitrogens with two attached hydrogens (primary N) is 1. The molecule has 2 aromatic rings. The van der Waals surface area contributed by atoms with E-state index in [0.717, 1.165) is 16.7 Å². The number of alkyl halides is 1. The zero-order valence-corrected chi connectivity index (χ0v) is 50.8. The van der Waals surface area contributed by atoms with E-state index in [4.69, 9.17) is 45.8 Å². The van der Waals surface area contributed by atoms with Crippen LogP contribution in [0.25, 0.3) is 0 Å². The number of anilines is 2. The minimum atomic E-state index is -1.63. The van der Waals surface area contributed by atoms with E-state index in [1.165, 1.54) is 31.3 Å². The molecule has 3 aliphatic rings. The van der Waals surface area contributed by atoms with Crippen molar-refractivity contribution < 1.29 is 71.9 Å². The number of unbranched alkanes of at least 4 members (excludes halogenated alkanes) is 2. The molecule has 4 bridgehead atoms. The summed E-state index contributed by atoms with van der Waals surface area (Å²) < 4.78 is 34.9. The van der Waals surface area contributed by atoms with Crippen LogP contribution in [0, 0.1) is 24.7 Å². The van der Waals surface area contributed by atoms with Crippen LogP contribution in [-0.4, -0.2) is 134 Å². The first kappa shape index (κ1) is 66.7. The van der Waals surface area contributed by atoms with Gasteiger partial charge in [0.1, 0.15) is 41.0 Å². The van der Waals surface area contributed by atoms with Crippen LogP contribution in [-0.2, 0) is 65.3 Å². The second kappa shape index (κ2) is 30.4. The van der Waals surface area contributed by atoms with Gasteiger partial charge in [-0.1, -0.05) is 90.8 Å². The van der Waals surface area contributed by atoms with Gasteiger partial charge in [0.25, 0.3) is 0 Å². The van der Waals surface area contributed by atoms with Crippen molar-refractivity contribution >= 4 is 86.3 Å². The Morgan fingerprint density at radius 2 is 1.78 bits per heavy atom. The van der Waals surface area contributed by atoms with Crippen LogP contribution in [0.4, 0.5) is 21.0 Å². The summed E-state index contributed by atoms with van der Waals surface area (Å²) in [5.74, 6) is -3.90. The average molecular weight is 1230 g/mol. The molecular formula is C60H81BrClN5O15. The number of ketones is 2. The number of fused-ring (bicyclic) bond motifs is 5. The number of nitrogens with zero attached hydrogens (tertiary/aromatic N) is 1. The van der Waals surface area contributed by atoms with Gasteiger partial charge in [0.05, 0.1) is 49.4 Å². The molecule has 0 aromatic heterocycles. The van der Waals surface area contributed by atoms with Crippen LogP contribution < -0.4 is 31.3 Å². The smallest absolute Gasteiger partial charge is 0.412 e. The van der Waals surface area contributed by atoms with Crippen LogP contribution in [0.2, 0.25) is 5.02 Å². The van der Waals surface area contributed by atoms with Crippen LogP contribution in [0.3, 0.4) is 0 Å². The first-order valence-electron chi connectivity index (χ1n) is 27.7. The first-order chi connectivity index (χ1) is 38.7. The van der Waals surface area contributed by atoms with Crippen molar-refractivity contribution in [3.05, 3.63) is 88.0 Å². The number of hydrogen-bond donors (Lipinski definition) is 5. The molecule has 9 atom stereocenters. The number of hydrogen-bond acceptors (Lipinski definition) is 15. The summed E-state index contributed by atoms with van der Waals surface area (Å²) in [7, 11) is 4.43. The largest absolute Gasteiger partial charge is 0.496 e. The highest BCUT2D eigenvalue weighted by atomic mass is 79.9. The molecule has 0 radical (unpaired) electrons. The molecule has 2 saturated heterocycles. The lowest BCUT2D eigenvalue weighted by atomic mass is 9.78. The number of carbonyl (C=O) groups excluding carboxylic acids is 8. The monoisotopic (exact) mass is 1230 g/mol. The summed E-state index contributed by atoms with van der Waals surface area (Å²) in [6, 6.07) is 6.59. The van der Waals surface area contributed by atoms with E-state index in [1.54, 1.807) is 39.1 Å². The van der Waals surface area contributed by atoms with Crippen LogP contribution >= 0.6 is 27.5 Å². The third-order valence-electron chi connectivity index (χ3n) is 15.4. The maximum Gasteiger partial charge on any atom is 0.412 e. The van der Waals surface area contributed by atoms with Gasteiger partial charge in [-0.3, -0.25) is 29.3 Å². The van der Waals surface area contributed by atoms with E-state index in [-0.39, 0.29) is 87.7 Å². The van der Waals surface area contributed by atoms with Crippen molar-refractivity contribution in [2.24, 2.45) is 23.5 Å². The molecule has 20 nitrogen and oxygen atoms in total. The third kappa shape index (κ3) is 18.4. The number of ether oxygens (including phenoxy) is 6. The Hall–Kier alpha value is -6.13. The lowest BCUT2D eigenvalue weighted by molar-refractivity contribution is -0.187. The summed E-state index contributed by atoms with van der Waals surface area (Å²) in [6.07, 6.45) is 2.67. The second-order valence-electron chi connectivity index (χ2n) is 22.2. The number of methoxy groups -OCH3 is 2. The summed E-state index contributed by atoms with van der Waals surface area (Å²) in [5.41, 5.74) is 6.29. The summed E-state index contributed by atoms with van der Waals surface area (Å²) in [5, 5.41) is 20.8. The fourth-order valence-corrected chi connectivity index (χ4v) is 10.9. The Balaban J connectivity index is 1.33. The number of carbonyl (C=O) groups is 8. The number of esters is 2.